The highest BCUT2D eigenvalue weighted by Gasteiger charge is 2.29. The molecular weight excluding hydrogens is 268 g/mol. The van der Waals surface area contributed by atoms with Crippen molar-refractivity contribution < 1.29 is 13.9 Å². The van der Waals surface area contributed by atoms with Gasteiger partial charge in [-0.25, -0.2) is 4.98 Å². The van der Waals surface area contributed by atoms with Crippen molar-refractivity contribution in [3.8, 4) is 11.7 Å². The van der Waals surface area contributed by atoms with Crippen molar-refractivity contribution in [1.82, 2.24) is 9.88 Å². The maximum Gasteiger partial charge on any atom is 0.263 e. The molecule has 21 heavy (non-hydrogen) atoms. The van der Waals surface area contributed by atoms with Gasteiger partial charge in [-0.2, -0.15) is 0 Å². The van der Waals surface area contributed by atoms with E-state index in [1.807, 2.05) is 19.1 Å². The first-order valence-electron chi connectivity index (χ1n) is 7.56. The first-order valence-corrected chi connectivity index (χ1v) is 7.56. The van der Waals surface area contributed by atoms with Crippen LogP contribution in [0.15, 0.2) is 27.2 Å². The number of furan rings is 1. The Hall–Kier alpha value is -1.59. The van der Waals surface area contributed by atoms with E-state index in [4.69, 9.17) is 8.83 Å². The molecule has 0 saturated carbocycles. The van der Waals surface area contributed by atoms with Gasteiger partial charge in [0.1, 0.15) is 5.76 Å². The Morgan fingerprint density at radius 1 is 1.43 bits per heavy atom. The highest BCUT2D eigenvalue weighted by molar-refractivity contribution is 5.44. The third kappa shape index (κ3) is 2.89. The minimum Gasteiger partial charge on any atom is -0.459 e. The van der Waals surface area contributed by atoms with Gasteiger partial charge >= 0.3 is 0 Å². The Morgan fingerprint density at radius 3 is 3.00 bits per heavy atom. The lowest BCUT2D eigenvalue weighted by atomic mass is 9.96. The van der Waals surface area contributed by atoms with Crippen LogP contribution in [0.1, 0.15) is 37.6 Å². The third-order valence-corrected chi connectivity index (χ3v) is 4.36. The van der Waals surface area contributed by atoms with E-state index in [0.29, 0.717) is 24.2 Å². The summed E-state index contributed by atoms with van der Waals surface area (Å²) < 4.78 is 11.0. The van der Waals surface area contributed by atoms with E-state index in [1.54, 1.807) is 6.26 Å². The van der Waals surface area contributed by atoms with E-state index in [0.717, 1.165) is 17.9 Å². The lowest BCUT2D eigenvalue weighted by Gasteiger charge is -2.39. The molecule has 5 nitrogen and oxygen atoms in total. The highest BCUT2D eigenvalue weighted by atomic mass is 16.4. The molecule has 1 aliphatic heterocycles. The number of hydrogen-bond acceptors (Lipinski definition) is 5. The number of aliphatic hydroxyl groups excluding tert-OH is 1. The van der Waals surface area contributed by atoms with Crippen molar-refractivity contribution in [1.29, 1.82) is 0 Å². The predicted molar refractivity (Wildman–Crippen MR) is 78.7 cm³/mol. The fourth-order valence-electron chi connectivity index (χ4n) is 3.07. The van der Waals surface area contributed by atoms with Gasteiger partial charge in [-0.1, -0.05) is 6.42 Å². The molecule has 5 heteroatoms. The molecule has 0 radical (unpaired) electrons. The number of nitrogens with zero attached hydrogens (tertiary/aromatic N) is 2. The van der Waals surface area contributed by atoms with Crippen LogP contribution >= 0.6 is 0 Å². The minimum atomic E-state index is 0.201. The topological polar surface area (TPSA) is 62.6 Å². The van der Waals surface area contributed by atoms with Crippen LogP contribution in [0, 0.1) is 6.92 Å². The Balaban J connectivity index is 1.80. The molecule has 1 aliphatic rings. The standard InChI is InChI=1S/C16H22N2O3/c1-11-5-3-6-13(10-19)18(11)9-14-12(2)21-16(17-14)15-7-4-8-20-15/h4,7-8,11,13,19H,3,5-6,9-10H2,1-2H3. The molecule has 0 spiro atoms. The molecule has 0 bridgehead atoms. The van der Waals surface area contributed by atoms with Crippen molar-refractivity contribution in [2.24, 2.45) is 0 Å². The van der Waals surface area contributed by atoms with Gasteiger partial charge in [0, 0.05) is 18.6 Å². The molecule has 2 aromatic rings. The summed E-state index contributed by atoms with van der Waals surface area (Å²) in [5.41, 5.74) is 0.925. The van der Waals surface area contributed by atoms with Gasteiger partial charge in [0.2, 0.25) is 0 Å². The summed E-state index contributed by atoms with van der Waals surface area (Å²) in [6, 6.07) is 4.34. The Kier molecular flexibility index (Phi) is 4.12. The summed E-state index contributed by atoms with van der Waals surface area (Å²) in [7, 11) is 0. The number of oxazole rings is 1. The molecule has 0 aliphatic carbocycles. The number of aliphatic hydroxyl groups is 1. The maximum absolute atomic E-state index is 9.58. The Bertz CT molecular complexity index is 576. The van der Waals surface area contributed by atoms with Crippen molar-refractivity contribution in [2.45, 2.75) is 51.7 Å². The van der Waals surface area contributed by atoms with Gasteiger partial charge in [0.15, 0.2) is 5.76 Å². The molecule has 1 fully saturated rings. The van der Waals surface area contributed by atoms with E-state index in [1.165, 1.54) is 12.8 Å². The van der Waals surface area contributed by atoms with Crippen LogP contribution in [0.4, 0.5) is 0 Å². The fourth-order valence-corrected chi connectivity index (χ4v) is 3.07. The van der Waals surface area contributed by atoms with E-state index in [-0.39, 0.29) is 12.6 Å². The van der Waals surface area contributed by atoms with Crippen LogP contribution in [0.25, 0.3) is 11.7 Å². The van der Waals surface area contributed by atoms with Crippen LogP contribution in [0.5, 0.6) is 0 Å². The summed E-state index contributed by atoms with van der Waals surface area (Å²) in [4.78, 5) is 6.90. The average Bonchev–Trinajstić information content (AvgIpc) is 3.11. The average molecular weight is 290 g/mol. The fraction of sp³-hybridized carbons (Fsp3) is 0.562. The number of likely N-dealkylation sites (tertiary alicyclic amines) is 1. The molecule has 0 aromatic carbocycles. The first kappa shape index (κ1) is 14.4. The molecule has 2 aromatic heterocycles. The third-order valence-electron chi connectivity index (χ3n) is 4.36. The Morgan fingerprint density at radius 2 is 2.29 bits per heavy atom. The largest absolute Gasteiger partial charge is 0.459 e. The molecule has 0 amide bonds. The SMILES string of the molecule is Cc1oc(-c2ccco2)nc1CN1C(C)CCCC1CO. The number of aromatic nitrogens is 1. The second-order valence-electron chi connectivity index (χ2n) is 5.79. The molecule has 3 rings (SSSR count). The first-order chi connectivity index (χ1) is 10.2. The molecule has 1 N–H and O–H groups in total. The van der Waals surface area contributed by atoms with Crippen molar-refractivity contribution in [2.75, 3.05) is 6.61 Å². The van der Waals surface area contributed by atoms with Gasteiger partial charge in [-0.15, -0.1) is 0 Å². The lowest BCUT2D eigenvalue weighted by molar-refractivity contribution is 0.0440. The van der Waals surface area contributed by atoms with Crippen molar-refractivity contribution in [3.63, 3.8) is 0 Å². The van der Waals surface area contributed by atoms with E-state index < -0.39 is 0 Å². The van der Waals surface area contributed by atoms with Gasteiger partial charge in [-0.05, 0) is 38.8 Å². The summed E-state index contributed by atoms with van der Waals surface area (Å²) in [5, 5.41) is 9.58. The molecular formula is C16H22N2O3. The van der Waals surface area contributed by atoms with Gasteiger partial charge in [0.05, 0.1) is 18.6 Å². The van der Waals surface area contributed by atoms with Gasteiger partial charge in [-0.3, -0.25) is 4.90 Å². The van der Waals surface area contributed by atoms with Crippen molar-refractivity contribution >= 4 is 0 Å². The van der Waals surface area contributed by atoms with Gasteiger partial charge < -0.3 is 13.9 Å². The lowest BCUT2D eigenvalue weighted by Crippen LogP contribution is -2.46. The summed E-state index contributed by atoms with van der Waals surface area (Å²) in [6.07, 6.45) is 5.00. The summed E-state index contributed by atoms with van der Waals surface area (Å²) in [5.74, 6) is 1.99. The zero-order valence-corrected chi connectivity index (χ0v) is 12.6. The molecule has 114 valence electrons. The molecule has 2 unspecified atom stereocenters. The minimum absolute atomic E-state index is 0.201. The van der Waals surface area contributed by atoms with E-state index >= 15 is 0 Å². The zero-order chi connectivity index (χ0) is 14.8. The van der Waals surface area contributed by atoms with Crippen molar-refractivity contribution in [3.05, 3.63) is 29.9 Å². The number of piperidine rings is 1. The smallest absolute Gasteiger partial charge is 0.263 e. The van der Waals surface area contributed by atoms with Crippen LogP contribution in [-0.4, -0.2) is 33.7 Å². The number of aryl methyl sites for hydroxylation is 1. The van der Waals surface area contributed by atoms with Crippen LogP contribution < -0.4 is 0 Å². The van der Waals surface area contributed by atoms with E-state index in [9.17, 15) is 5.11 Å². The molecule has 3 heterocycles. The Labute approximate surface area is 124 Å². The van der Waals surface area contributed by atoms with Crippen LogP contribution in [0.2, 0.25) is 0 Å². The van der Waals surface area contributed by atoms with Gasteiger partial charge in [0.25, 0.3) is 5.89 Å². The second-order valence-corrected chi connectivity index (χ2v) is 5.79. The maximum atomic E-state index is 9.58. The predicted octanol–water partition coefficient (Wildman–Crippen LogP) is 2.98. The highest BCUT2D eigenvalue weighted by Crippen LogP contribution is 2.27. The molecule has 2 atom stereocenters. The monoisotopic (exact) mass is 290 g/mol. The van der Waals surface area contributed by atoms with Crippen LogP contribution in [0.3, 0.4) is 0 Å². The zero-order valence-electron chi connectivity index (χ0n) is 12.6. The summed E-state index contributed by atoms with van der Waals surface area (Å²) in [6.45, 7) is 5.05. The normalized spacial score (nSPS) is 23.6. The number of hydrogen-bond donors (Lipinski definition) is 1. The quantitative estimate of drug-likeness (QED) is 0.938. The van der Waals surface area contributed by atoms with E-state index in [2.05, 4.69) is 16.8 Å². The molecule has 1 saturated heterocycles. The summed E-state index contributed by atoms with van der Waals surface area (Å²) >= 11 is 0. The second kappa shape index (κ2) is 6.03. The number of rotatable bonds is 4. The van der Waals surface area contributed by atoms with Crippen LogP contribution in [-0.2, 0) is 6.54 Å².